The van der Waals surface area contributed by atoms with Crippen LogP contribution in [0.5, 0.6) is 0 Å². The van der Waals surface area contributed by atoms with Crippen molar-refractivity contribution >= 4 is 25.5 Å². The number of anilines is 1. The number of nitrogens with one attached hydrogen (secondary N) is 1. The van der Waals surface area contributed by atoms with E-state index in [1.165, 1.54) is 18.2 Å². The van der Waals surface area contributed by atoms with Crippen LogP contribution in [0.1, 0.15) is 18.4 Å². The van der Waals surface area contributed by atoms with Crippen LogP contribution in [0.4, 0.5) is 10.1 Å². The van der Waals surface area contributed by atoms with Gasteiger partial charge in [0.25, 0.3) is 0 Å². The number of hydrogen-bond donors (Lipinski definition) is 2. The van der Waals surface area contributed by atoms with Crippen LogP contribution in [-0.2, 0) is 25.3 Å². The fraction of sp³-hybridized carbons (Fsp3) is 0.294. The summed E-state index contributed by atoms with van der Waals surface area (Å²) in [5.41, 5.74) is 0.468. The normalized spacial score (nSPS) is 16.3. The summed E-state index contributed by atoms with van der Waals surface area (Å²) in [5, 5.41) is 8.13. The molecule has 0 radical (unpaired) electrons. The van der Waals surface area contributed by atoms with E-state index in [2.05, 4.69) is 5.32 Å². The van der Waals surface area contributed by atoms with Gasteiger partial charge in [0, 0.05) is 18.2 Å². The molecule has 0 spiro atoms. The smallest absolute Gasteiger partial charge is 0.238 e. The summed E-state index contributed by atoms with van der Waals surface area (Å²) in [6.07, 6.45) is 2.55. The molecule has 0 saturated heterocycles. The summed E-state index contributed by atoms with van der Waals surface area (Å²) in [6, 6.07) is 10.2. The van der Waals surface area contributed by atoms with Gasteiger partial charge in [-0.2, -0.15) is 0 Å². The summed E-state index contributed by atoms with van der Waals surface area (Å²) in [6.45, 7) is 0.338. The van der Waals surface area contributed by atoms with Crippen molar-refractivity contribution in [1.82, 2.24) is 0 Å². The zero-order valence-electron chi connectivity index (χ0n) is 14.1. The molecule has 1 fully saturated rings. The Morgan fingerprint density at radius 3 is 2.31 bits per heavy atom. The number of nitrogens with two attached hydrogens (primary N) is 1. The molecule has 0 heterocycles. The minimum atomic E-state index is -4.02. The van der Waals surface area contributed by atoms with Crippen LogP contribution < -0.4 is 10.5 Å². The number of hydrogen-bond acceptors (Lipinski definition) is 5. The fourth-order valence-corrected chi connectivity index (χ4v) is 4.48. The third kappa shape index (κ3) is 3.74. The van der Waals surface area contributed by atoms with Gasteiger partial charge in [0.15, 0.2) is 9.84 Å². The second kappa shape index (κ2) is 6.33. The van der Waals surface area contributed by atoms with Crippen molar-refractivity contribution < 1.29 is 21.2 Å². The van der Waals surface area contributed by atoms with Crippen LogP contribution in [0.25, 0.3) is 0 Å². The van der Waals surface area contributed by atoms with Gasteiger partial charge in [-0.3, -0.25) is 0 Å². The predicted octanol–water partition coefficient (Wildman–Crippen LogP) is 2.02. The van der Waals surface area contributed by atoms with E-state index in [0.717, 1.165) is 25.2 Å². The molecular formula is C17H19FN2O4S2. The largest absolute Gasteiger partial charge is 0.383 e. The summed E-state index contributed by atoms with van der Waals surface area (Å²) in [7, 11) is -7.72. The van der Waals surface area contributed by atoms with E-state index >= 15 is 0 Å². The highest BCUT2D eigenvalue weighted by atomic mass is 32.2. The Kier molecular flexibility index (Phi) is 4.58. The van der Waals surface area contributed by atoms with Gasteiger partial charge in [0.2, 0.25) is 10.0 Å². The summed E-state index contributed by atoms with van der Waals surface area (Å²) < 4.78 is 61.2. The van der Waals surface area contributed by atoms with Crippen molar-refractivity contribution in [3.63, 3.8) is 0 Å². The standard InChI is InChI=1S/C17H19FN2O4S2/c1-25(21,22)16-10-12(26(19,23)24)6-7-15(16)20-11-17(8-9-17)13-4-2-3-5-14(13)18/h2-7,10,20H,8-9,11H2,1H3,(H2,19,23,24). The Balaban J connectivity index is 1.92. The van der Waals surface area contributed by atoms with E-state index in [4.69, 9.17) is 5.14 Å². The lowest BCUT2D eigenvalue weighted by atomic mass is 9.95. The maximum Gasteiger partial charge on any atom is 0.238 e. The Morgan fingerprint density at radius 2 is 1.77 bits per heavy atom. The monoisotopic (exact) mass is 398 g/mol. The van der Waals surface area contributed by atoms with E-state index < -0.39 is 25.3 Å². The van der Waals surface area contributed by atoms with Gasteiger partial charge in [0.05, 0.1) is 15.5 Å². The fourth-order valence-electron chi connectivity index (χ4n) is 2.98. The first kappa shape index (κ1) is 18.8. The van der Waals surface area contributed by atoms with Crippen molar-refractivity contribution in [2.24, 2.45) is 5.14 Å². The molecule has 1 aliphatic rings. The molecule has 9 heteroatoms. The van der Waals surface area contributed by atoms with Crippen molar-refractivity contribution in [3.05, 3.63) is 53.8 Å². The average Bonchev–Trinajstić information content (AvgIpc) is 3.32. The van der Waals surface area contributed by atoms with Crippen LogP contribution >= 0.6 is 0 Å². The molecule has 0 aliphatic heterocycles. The molecule has 26 heavy (non-hydrogen) atoms. The molecular weight excluding hydrogens is 379 g/mol. The number of halogens is 1. The highest BCUT2D eigenvalue weighted by Crippen LogP contribution is 2.49. The summed E-state index contributed by atoms with van der Waals surface area (Å²) in [4.78, 5) is -0.438. The van der Waals surface area contributed by atoms with E-state index in [0.29, 0.717) is 12.1 Å². The second-order valence-electron chi connectivity index (χ2n) is 6.59. The maximum absolute atomic E-state index is 14.1. The Bertz CT molecular complexity index is 1060. The van der Waals surface area contributed by atoms with Crippen LogP contribution in [0.2, 0.25) is 0 Å². The highest BCUT2D eigenvalue weighted by Gasteiger charge is 2.45. The number of rotatable bonds is 6. The Labute approximate surface area is 152 Å². The van der Waals surface area contributed by atoms with Gasteiger partial charge in [-0.05, 0) is 42.7 Å². The Morgan fingerprint density at radius 1 is 1.12 bits per heavy atom. The third-order valence-electron chi connectivity index (χ3n) is 4.60. The van der Waals surface area contributed by atoms with Crippen LogP contribution in [0.3, 0.4) is 0 Å². The number of benzene rings is 2. The van der Waals surface area contributed by atoms with Gasteiger partial charge in [-0.15, -0.1) is 0 Å². The molecule has 2 aromatic rings. The van der Waals surface area contributed by atoms with E-state index in [1.54, 1.807) is 18.2 Å². The van der Waals surface area contributed by atoms with Crippen LogP contribution in [0, 0.1) is 5.82 Å². The maximum atomic E-state index is 14.1. The van der Waals surface area contributed by atoms with E-state index in [1.807, 2.05) is 0 Å². The quantitative estimate of drug-likeness (QED) is 0.774. The topological polar surface area (TPSA) is 106 Å². The van der Waals surface area contributed by atoms with E-state index in [9.17, 15) is 21.2 Å². The van der Waals surface area contributed by atoms with Crippen molar-refractivity contribution in [1.29, 1.82) is 0 Å². The molecule has 0 atom stereocenters. The summed E-state index contributed by atoms with van der Waals surface area (Å²) in [5.74, 6) is -0.292. The average molecular weight is 398 g/mol. The Hall–Kier alpha value is -1.97. The minimum absolute atomic E-state index is 0.159. The van der Waals surface area contributed by atoms with Crippen LogP contribution in [0.15, 0.2) is 52.3 Å². The zero-order chi connectivity index (χ0) is 19.2. The number of sulfonamides is 1. The van der Waals surface area contributed by atoms with Crippen molar-refractivity contribution in [2.75, 3.05) is 18.1 Å². The molecule has 0 bridgehead atoms. The molecule has 2 aromatic carbocycles. The van der Waals surface area contributed by atoms with E-state index in [-0.39, 0.29) is 21.3 Å². The van der Waals surface area contributed by atoms with Crippen molar-refractivity contribution in [2.45, 2.75) is 28.0 Å². The first-order valence-corrected chi connectivity index (χ1v) is 11.3. The SMILES string of the molecule is CS(=O)(=O)c1cc(S(N)(=O)=O)ccc1NCC1(c2ccccc2F)CC1. The second-order valence-corrected chi connectivity index (χ2v) is 10.1. The van der Waals surface area contributed by atoms with Gasteiger partial charge in [-0.1, -0.05) is 18.2 Å². The third-order valence-corrected chi connectivity index (χ3v) is 6.64. The zero-order valence-corrected chi connectivity index (χ0v) is 15.7. The molecule has 0 unspecified atom stereocenters. The van der Waals surface area contributed by atoms with Gasteiger partial charge >= 0.3 is 0 Å². The van der Waals surface area contributed by atoms with Gasteiger partial charge in [0.1, 0.15) is 5.82 Å². The molecule has 3 N–H and O–H groups in total. The van der Waals surface area contributed by atoms with Gasteiger partial charge < -0.3 is 5.32 Å². The molecule has 1 saturated carbocycles. The molecule has 6 nitrogen and oxygen atoms in total. The minimum Gasteiger partial charge on any atom is -0.383 e. The molecule has 140 valence electrons. The lowest BCUT2D eigenvalue weighted by molar-refractivity contribution is 0.577. The number of primary sulfonamides is 1. The molecule has 0 aromatic heterocycles. The predicted molar refractivity (Wildman–Crippen MR) is 96.7 cm³/mol. The number of sulfone groups is 1. The summed E-state index contributed by atoms with van der Waals surface area (Å²) >= 11 is 0. The molecule has 0 amide bonds. The van der Waals surface area contributed by atoms with Crippen molar-refractivity contribution in [3.8, 4) is 0 Å². The van der Waals surface area contributed by atoms with Crippen LogP contribution in [-0.4, -0.2) is 29.6 Å². The van der Waals surface area contributed by atoms with Gasteiger partial charge in [-0.25, -0.2) is 26.4 Å². The first-order valence-electron chi connectivity index (χ1n) is 7.89. The molecule has 1 aliphatic carbocycles. The lowest BCUT2D eigenvalue weighted by Crippen LogP contribution is -2.22. The lowest BCUT2D eigenvalue weighted by Gasteiger charge is -2.19. The first-order chi connectivity index (χ1) is 12.0. The highest BCUT2D eigenvalue weighted by molar-refractivity contribution is 7.91. The molecule has 3 rings (SSSR count).